The molecule has 154 valence electrons. The number of amides is 2. The molecule has 1 aliphatic heterocycles. The number of aryl methyl sites for hydroxylation is 1. The van der Waals surface area contributed by atoms with Crippen molar-refractivity contribution in [3.63, 3.8) is 0 Å². The van der Waals surface area contributed by atoms with E-state index >= 15 is 0 Å². The van der Waals surface area contributed by atoms with Gasteiger partial charge >= 0.3 is 0 Å². The van der Waals surface area contributed by atoms with Crippen LogP contribution in [0.3, 0.4) is 0 Å². The van der Waals surface area contributed by atoms with Gasteiger partial charge in [-0.05, 0) is 48.6 Å². The number of fused-ring (bicyclic) bond motifs is 1. The summed E-state index contributed by atoms with van der Waals surface area (Å²) in [5.74, 6) is -0.423. The van der Waals surface area contributed by atoms with Crippen LogP contribution in [0, 0.1) is 6.92 Å². The molecular formula is C24H25N3O3. The molecule has 1 unspecified atom stereocenters. The predicted molar refractivity (Wildman–Crippen MR) is 116 cm³/mol. The summed E-state index contributed by atoms with van der Waals surface area (Å²) < 4.78 is 0. The lowest BCUT2D eigenvalue weighted by atomic mass is 10.0. The number of benzene rings is 2. The van der Waals surface area contributed by atoms with Crippen LogP contribution in [0.4, 0.5) is 0 Å². The molecule has 0 radical (unpaired) electrons. The quantitative estimate of drug-likeness (QED) is 0.343. The topological polar surface area (TPSA) is 85.4 Å². The molecule has 6 heteroatoms. The molecule has 0 aliphatic carbocycles. The molecule has 6 nitrogen and oxygen atoms in total. The van der Waals surface area contributed by atoms with E-state index in [1.54, 1.807) is 11.6 Å². The lowest BCUT2D eigenvalue weighted by molar-refractivity contribution is -0.131. The number of nitrogens with one attached hydrogen (secondary N) is 2. The molecule has 1 fully saturated rings. The van der Waals surface area contributed by atoms with Crippen LogP contribution < -0.4 is 5.48 Å². The molecular weight excluding hydrogens is 378 g/mol. The van der Waals surface area contributed by atoms with Crippen molar-refractivity contribution in [1.82, 2.24) is 15.4 Å². The highest BCUT2D eigenvalue weighted by molar-refractivity contribution is 5.91. The van der Waals surface area contributed by atoms with Crippen LogP contribution in [0.5, 0.6) is 0 Å². The van der Waals surface area contributed by atoms with Crippen molar-refractivity contribution >= 4 is 28.8 Å². The van der Waals surface area contributed by atoms with Crippen molar-refractivity contribution in [2.24, 2.45) is 0 Å². The molecule has 2 heterocycles. The molecule has 2 amide bonds. The zero-order valence-electron chi connectivity index (χ0n) is 16.9. The molecule has 0 bridgehead atoms. The van der Waals surface area contributed by atoms with Gasteiger partial charge in [0.2, 0.25) is 5.91 Å². The van der Waals surface area contributed by atoms with Gasteiger partial charge in [0.15, 0.2) is 0 Å². The zero-order chi connectivity index (χ0) is 21.1. The fourth-order valence-electron chi connectivity index (χ4n) is 4.27. The first kappa shape index (κ1) is 19.9. The van der Waals surface area contributed by atoms with E-state index in [1.807, 2.05) is 54.3 Å². The summed E-state index contributed by atoms with van der Waals surface area (Å²) in [6.45, 7) is 2.79. The van der Waals surface area contributed by atoms with E-state index in [-0.39, 0.29) is 11.9 Å². The minimum absolute atomic E-state index is 0.0711. The largest absolute Gasteiger partial charge is 0.358 e. The number of carbonyl (C=O) groups is 2. The maximum atomic E-state index is 13.2. The highest BCUT2D eigenvalue weighted by Gasteiger charge is 2.30. The van der Waals surface area contributed by atoms with E-state index in [4.69, 9.17) is 5.21 Å². The van der Waals surface area contributed by atoms with Gasteiger partial charge in [0.25, 0.3) is 5.91 Å². The predicted octanol–water partition coefficient (Wildman–Crippen LogP) is 3.90. The van der Waals surface area contributed by atoms with E-state index in [0.29, 0.717) is 6.42 Å². The van der Waals surface area contributed by atoms with E-state index in [1.165, 1.54) is 6.08 Å². The fourth-order valence-corrected chi connectivity index (χ4v) is 4.27. The third-order valence-electron chi connectivity index (χ3n) is 5.79. The lowest BCUT2D eigenvalue weighted by Crippen LogP contribution is -2.32. The van der Waals surface area contributed by atoms with Gasteiger partial charge < -0.3 is 9.88 Å². The Labute approximate surface area is 175 Å². The molecule has 0 saturated carbocycles. The zero-order valence-corrected chi connectivity index (χ0v) is 16.9. The fraction of sp³-hybridized carbons (Fsp3) is 0.250. The minimum Gasteiger partial charge on any atom is -0.358 e. The number of aromatic amines is 1. The summed E-state index contributed by atoms with van der Waals surface area (Å²) in [7, 11) is 0. The molecule has 30 heavy (non-hydrogen) atoms. The van der Waals surface area contributed by atoms with Crippen molar-refractivity contribution in [1.29, 1.82) is 0 Å². The van der Waals surface area contributed by atoms with Crippen LogP contribution in [0.15, 0.2) is 54.6 Å². The number of hydrogen-bond donors (Lipinski definition) is 3. The van der Waals surface area contributed by atoms with Gasteiger partial charge in [-0.15, -0.1) is 0 Å². The first-order valence-electron chi connectivity index (χ1n) is 10.1. The Bertz CT molecular complexity index is 1100. The van der Waals surface area contributed by atoms with Crippen LogP contribution in [0.2, 0.25) is 0 Å². The SMILES string of the molecule is Cc1[nH]c2ccccc2c1CC(=O)N1CCCC1c1ccc(C=CC(=O)NO)cc1. The van der Waals surface area contributed by atoms with Gasteiger partial charge in [0.05, 0.1) is 12.5 Å². The third-order valence-corrected chi connectivity index (χ3v) is 5.79. The molecule has 3 N–H and O–H groups in total. The molecule has 4 rings (SSSR count). The third kappa shape index (κ3) is 4.00. The van der Waals surface area contributed by atoms with Gasteiger partial charge in [-0.2, -0.15) is 0 Å². The molecule has 1 aliphatic rings. The number of hydrogen-bond acceptors (Lipinski definition) is 3. The van der Waals surface area contributed by atoms with Crippen LogP contribution in [-0.2, 0) is 16.0 Å². The molecule has 2 aromatic carbocycles. The van der Waals surface area contributed by atoms with E-state index in [2.05, 4.69) is 11.1 Å². The second-order valence-corrected chi connectivity index (χ2v) is 7.67. The average Bonchev–Trinajstić information content (AvgIpc) is 3.37. The number of aromatic nitrogens is 1. The Hall–Kier alpha value is -3.38. The van der Waals surface area contributed by atoms with Gasteiger partial charge in [-0.25, -0.2) is 5.48 Å². The number of likely N-dealkylation sites (tertiary alicyclic amines) is 1. The molecule has 1 aromatic heterocycles. The Balaban J connectivity index is 1.50. The lowest BCUT2D eigenvalue weighted by Gasteiger charge is -2.25. The van der Waals surface area contributed by atoms with Crippen molar-refractivity contribution in [3.8, 4) is 0 Å². The van der Waals surface area contributed by atoms with Gasteiger partial charge in [-0.1, -0.05) is 42.5 Å². The summed E-state index contributed by atoms with van der Waals surface area (Å²) in [4.78, 5) is 29.7. The first-order chi connectivity index (χ1) is 14.6. The van der Waals surface area contributed by atoms with Crippen molar-refractivity contribution in [3.05, 3.63) is 77.0 Å². The summed E-state index contributed by atoms with van der Waals surface area (Å²) >= 11 is 0. The van der Waals surface area contributed by atoms with Crippen LogP contribution in [0.1, 0.15) is 41.3 Å². The Kier molecular flexibility index (Phi) is 5.68. The molecule has 1 saturated heterocycles. The van der Waals surface area contributed by atoms with Crippen LogP contribution in [-0.4, -0.2) is 33.5 Å². The van der Waals surface area contributed by atoms with Crippen LogP contribution >= 0.6 is 0 Å². The van der Waals surface area contributed by atoms with Crippen LogP contribution in [0.25, 0.3) is 17.0 Å². The number of hydroxylamine groups is 1. The highest BCUT2D eigenvalue weighted by Crippen LogP contribution is 2.33. The number of rotatable bonds is 5. The Morgan fingerprint density at radius 3 is 2.73 bits per heavy atom. The van der Waals surface area contributed by atoms with E-state index < -0.39 is 5.91 Å². The van der Waals surface area contributed by atoms with Gasteiger partial charge in [0.1, 0.15) is 0 Å². The highest BCUT2D eigenvalue weighted by atomic mass is 16.5. The number of H-pyrrole nitrogens is 1. The van der Waals surface area contributed by atoms with E-state index in [9.17, 15) is 9.59 Å². The maximum absolute atomic E-state index is 13.2. The molecule has 3 aromatic rings. The normalized spacial score (nSPS) is 16.5. The van der Waals surface area contributed by atoms with Crippen molar-refractivity contribution in [2.75, 3.05) is 6.54 Å². The Morgan fingerprint density at radius 1 is 1.20 bits per heavy atom. The number of nitrogens with zero attached hydrogens (tertiary/aromatic N) is 1. The summed E-state index contributed by atoms with van der Waals surface area (Å²) in [5.41, 5.74) is 6.70. The smallest absolute Gasteiger partial charge is 0.267 e. The first-order valence-corrected chi connectivity index (χ1v) is 10.1. The monoisotopic (exact) mass is 403 g/mol. The number of para-hydroxylation sites is 1. The average molecular weight is 403 g/mol. The van der Waals surface area contributed by atoms with E-state index in [0.717, 1.165) is 52.7 Å². The number of carbonyl (C=O) groups excluding carboxylic acids is 2. The summed E-state index contributed by atoms with van der Waals surface area (Å²) in [6, 6.07) is 16.0. The molecule has 0 spiro atoms. The van der Waals surface area contributed by atoms with Crippen molar-refractivity contribution in [2.45, 2.75) is 32.2 Å². The maximum Gasteiger partial charge on any atom is 0.267 e. The summed E-state index contributed by atoms with van der Waals surface area (Å²) in [6.07, 6.45) is 5.22. The Morgan fingerprint density at radius 2 is 1.97 bits per heavy atom. The summed E-state index contributed by atoms with van der Waals surface area (Å²) in [5, 5.41) is 9.67. The van der Waals surface area contributed by atoms with Gasteiger partial charge in [-0.3, -0.25) is 14.8 Å². The second-order valence-electron chi connectivity index (χ2n) is 7.67. The second kappa shape index (κ2) is 8.55. The van der Waals surface area contributed by atoms with Crippen molar-refractivity contribution < 1.29 is 14.8 Å². The molecule has 1 atom stereocenters. The van der Waals surface area contributed by atoms with Gasteiger partial charge in [0, 0.05) is 29.2 Å². The minimum atomic E-state index is -0.570. The standard InChI is InChI=1S/C24H25N3O3/c1-16-20(19-5-2-3-6-21(19)25-16)15-24(29)27-14-4-7-22(27)18-11-8-17(9-12-18)10-13-23(28)26-30/h2-3,5-6,8-13,22,25,30H,4,7,14-15H2,1H3,(H,26,28).